The molecule has 0 aromatic rings. The van der Waals surface area contributed by atoms with Crippen molar-refractivity contribution < 1.29 is 42.1 Å². The molecule has 9 nitrogen and oxygen atoms in total. The van der Waals surface area contributed by atoms with Gasteiger partial charge >= 0.3 is 11.9 Å². The molecule has 0 amide bonds. The first-order valence-electron chi connectivity index (χ1n) is 23.7. The van der Waals surface area contributed by atoms with Crippen LogP contribution in [-0.2, 0) is 32.7 Å². The van der Waals surface area contributed by atoms with E-state index in [-0.39, 0.29) is 32.0 Å². The van der Waals surface area contributed by atoms with Gasteiger partial charge in [0.05, 0.1) is 27.7 Å². The van der Waals surface area contributed by atoms with Gasteiger partial charge in [-0.15, -0.1) is 0 Å². The van der Waals surface area contributed by atoms with E-state index in [1.54, 1.807) is 0 Å². The first-order valence-corrected chi connectivity index (χ1v) is 25.2. The molecule has 334 valence electrons. The Kier molecular flexibility index (Phi) is 38.8. The number of hydrogen-bond acceptors (Lipinski definition) is 8. The molecular formula is C46H92NO8P. The fourth-order valence-corrected chi connectivity index (χ4v) is 7.62. The number of quaternary nitrogens is 1. The summed E-state index contributed by atoms with van der Waals surface area (Å²) in [4.78, 5) is 37.5. The van der Waals surface area contributed by atoms with E-state index in [4.69, 9.17) is 18.5 Å². The molecule has 0 aliphatic carbocycles. The minimum absolute atomic E-state index is 0.0258. The Bertz CT molecular complexity index is 927. The van der Waals surface area contributed by atoms with Crippen LogP contribution in [0.15, 0.2) is 0 Å². The van der Waals surface area contributed by atoms with Gasteiger partial charge in [-0.25, -0.2) is 0 Å². The van der Waals surface area contributed by atoms with Gasteiger partial charge in [0.1, 0.15) is 19.8 Å². The van der Waals surface area contributed by atoms with Crippen molar-refractivity contribution >= 4 is 19.8 Å². The molecule has 2 atom stereocenters. The van der Waals surface area contributed by atoms with Crippen molar-refractivity contribution in [1.82, 2.24) is 0 Å². The number of carbonyl (C=O) groups is 2. The minimum atomic E-state index is -4.61. The Balaban J connectivity index is 4.12. The zero-order valence-electron chi connectivity index (χ0n) is 37.6. The van der Waals surface area contributed by atoms with E-state index in [2.05, 4.69) is 13.8 Å². The summed E-state index contributed by atoms with van der Waals surface area (Å²) in [5.74, 6) is -0.820. The number of rotatable bonds is 44. The third kappa shape index (κ3) is 42.6. The van der Waals surface area contributed by atoms with Gasteiger partial charge in [0.25, 0.3) is 7.82 Å². The van der Waals surface area contributed by atoms with E-state index in [0.29, 0.717) is 17.4 Å². The number of hydrogen-bond donors (Lipinski definition) is 0. The maximum absolute atomic E-state index is 12.6. The maximum Gasteiger partial charge on any atom is 0.306 e. The van der Waals surface area contributed by atoms with E-state index in [1.165, 1.54) is 167 Å². The maximum atomic E-state index is 12.6. The number of phosphoric ester groups is 1. The number of esters is 2. The summed E-state index contributed by atoms with van der Waals surface area (Å²) in [5.41, 5.74) is 0. The van der Waals surface area contributed by atoms with Crippen molar-refractivity contribution in [2.24, 2.45) is 0 Å². The summed E-state index contributed by atoms with van der Waals surface area (Å²) in [6, 6.07) is 0. The SMILES string of the molecule is CCCCCCCCCCCCCCCCCCCCCCCCC(=O)OCC(COP(=O)([O-])OCC[N+](C)(C)C)OC(=O)CCCCCCCCCCCC. The third-order valence-electron chi connectivity index (χ3n) is 10.6. The van der Waals surface area contributed by atoms with Crippen molar-refractivity contribution in [1.29, 1.82) is 0 Å². The van der Waals surface area contributed by atoms with Gasteiger partial charge < -0.3 is 27.9 Å². The quantitative estimate of drug-likeness (QED) is 0.0259. The fraction of sp³-hybridized carbons (Fsp3) is 0.957. The van der Waals surface area contributed by atoms with Gasteiger partial charge in [-0.05, 0) is 12.8 Å². The molecule has 0 aliphatic heterocycles. The third-order valence-corrected chi connectivity index (χ3v) is 11.6. The monoisotopic (exact) mass is 818 g/mol. The molecule has 0 aromatic heterocycles. The molecule has 0 bridgehead atoms. The Morgan fingerprint density at radius 2 is 0.804 bits per heavy atom. The number of carbonyl (C=O) groups excluding carboxylic acids is 2. The lowest BCUT2D eigenvalue weighted by atomic mass is 10.0. The van der Waals surface area contributed by atoms with Crippen molar-refractivity contribution in [2.45, 2.75) is 238 Å². The van der Waals surface area contributed by atoms with Crippen LogP contribution in [0.1, 0.15) is 232 Å². The molecule has 56 heavy (non-hydrogen) atoms. The lowest BCUT2D eigenvalue weighted by Gasteiger charge is -2.28. The molecule has 0 saturated carbocycles. The van der Waals surface area contributed by atoms with Crippen molar-refractivity contribution in [3.63, 3.8) is 0 Å². The summed E-state index contributed by atoms with van der Waals surface area (Å²) in [6.45, 7) is 4.25. The zero-order valence-corrected chi connectivity index (χ0v) is 38.5. The van der Waals surface area contributed by atoms with Crippen LogP contribution in [0.25, 0.3) is 0 Å². The fourth-order valence-electron chi connectivity index (χ4n) is 6.89. The Morgan fingerprint density at radius 1 is 0.482 bits per heavy atom. The summed E-state index contributed by atoms with van der Waals surface area (Å²) >= 11 is 0. The Labute approximate surface area is 346 Å². The van der Waals surface area contributed by atoms with Gasteiger partial charge in [0.2, 0.25) is 0 Å². The highest BCUT2D eigenvalue weighted by Crippen LogP contribution is 2.38. The van der Waals surface area contributed by atoms with Crippen LogP contribution in [0.4, 0.5) is 0 Å². The van der Waals surface area contributed by atoms with E-state index >= 15 is 0 Å². The topological polar surface area (TPSA) is 111 Å². The number of nitrogens with zero attached hydrogens (tertiary/aromatic N) is 1. The van der Waals surface area contributed by atoms with E-state index in [9.17, 15) is 19.0 Å². The van der Waals surface area contributed by atoms with Gasteiger partial charge in [-0.3, -0.25) is 14.2 Å². The molecule has 2 unspecified atom stereocenters. The van der Waals surface area contributed by atoms with Crippen LogP contribution >= 0.6 is 7.82 Å². The van der Waals surface area contributed by atoms with E-state index in [1.807, 2.05) is 21.1 Å². The van der Waals surface area contributed by atoms with Gasteiger partial charge in [-0.1, -0.05) is 206 Å². The van der Waals surface area contributed by atoms with E-state index < -0.39 is 26.5 Å². The van der Waals surface area contributed by atoms with Crippen molar-refractivity contribution in [3.05, 3.63) is 0 Å². The number of likely N-dealkylation sites (N-methyl/N-ethyl adjacent to an activating group) is 1. The van der Waals surface area contributed by atoms with Crippen LogP contribution in [-0.4, -0.2) is 70.0 Å². The van der Waals surface area contributed by atoms with Crippen LogP contribution in [0.3, 0.4) is 0 Å². The second-order valence-electron chi connectivity index (χ2n) is 17.5. The molecule has 0 aliphatic rings. The second kappa shape index (κ2) is 39.5. The molecule has 0 spiro atoms. The summed E-state index contributed by atoms with van der Waals surface area (Å²) in [5, 5.41) is 0. The first kappa shape index (κ1) is 55.0. The predicted octanol–water partition coefficient (Wildman–Crippen LogP) is 13.0. The highest BCUT2D eigenvalue weighted by atomic mass is 31.2. The molecular weight excluding hydrogens is 725 g/mol. The summed E-state index contributed by atoms with van der Waals surface area (Å²) in [6.07, 6.45) is 40.0. The molecule has 0 fully saturated rings. The average Bonchev–Trinajstić information content (AvgIpc) is 3.15. The highest BCUT2D eigenvalue weighted by molar-refractivity contribution is 7.45. The molecule has 0 radical (unpaired) electrons. The standard InChI is InChI=1S/C46H92NO8P/c1-6-8-10-12-14-16-18-19-20-21-22-23-24-25-26-27-28-29-31-32-34-36-38-45(48)52-42-44(43-54-56(50,51)53-41-40-47(3,4)5)55-46(49)39-37-35-33-30-17-15-13-11-9-7-2/h44H,6-43H2,1-5H3. The molecule has 0 N–H and O–H groups in total. The summed E-state index contributed by atoms with van der Waals surface area (Å²) in [7, 11) is 1.18. The molecule has 0 heterocycles. The summed E-state index contributed by atoms with van der Waals surface area (Å²) < 4.78 is 33.9. The lowest BCUT2D eigenvalue weighted by molar-refractivity contribution is -0.870. The van der Waals surface area contributed by atoms with Gasteiger partial charge in [-0.2, -0.15) is 0 Å². The van der Waals surface area contributed by atoms with Crippen LogP contribution in [0.2, 0.25) is 0 Å². The van der Waals surface area contributed by atoms with E-state index in [0.717, 1.165) is 32.1 Å². The molecule has 0 aromatic carbocycles. The number of unbranched alkanes of at least 4 members (excludes halogenated alkanes) is 30. The first-order chi connectivity index (χ1) is 27.0. The van der Waals surface area contributed by atoms with Crippen LogP contribution in [0, 0.1) is 0 Å². The number of ether oxygens (including phenoxy) is 2. The predicted molar refractivity (Wildman–Crippen MR) is 232 cm³/mol. The highest BCUT2D eigenvalue weighted by Gasteiger charge is 2.21. The van der Waals surface area contributed by atoms with Crippen LogP contribution in [0.5, 0.6) is 0 Å². The Morgan fingerprint density at radius 3 is 1.14 bits per heavy atom. The normalized spacial score (nSPS) is 13.5. The Hall–Kier alpha value is -0.990. The smallest absolute Gasteiger partial charge is 0.306 e. The van der Waals surface area contributed by atoms with Crippen molar-refractivity contribution in [3.8, 4) is 0 Å². The second-order valence-corrected chi connectivity index (χ2v) is 18.9. The lowest BCUT2D eigenvalue weighted by Crippen LogP contribution is -2.37. The average molecular weight is 818 g/mol. The molecule has 0 rings (SSSR count). The van der Waals surface area contributed by atoms with Crippen molar-refractivity contribution in [2.75, 3.05) is 47.5 Å². The zero-order chi connectivity index (χ0) is 41.4. The van der Waals surface area contributed by atoms with Gasteiger partial charge in [0.15, 0.2) is 6.10 Å². The molecule has 10 heteroatoms. The van der Waals surface area contributed by atoms with Crippen LogP contribution < -0.4 is 4.89 Å². The largest absolute Gasteiger partial charge is 0.756 e. The van der Waals surface area contributed by atoms with Gasteiger partial charge in [0, 0.05) is 12.8 Å². The number of phosphoric acid groups is 1. The minimum Gasteiger partial charge on any atom is -0.756 e. The molecule has 0 saturated heterocycles.